The average molecular weight is 481 g/mol. The van der Waals surface area contributed by atoms with Gasteiger partial charge in [0.25, 0.3) is 0 Å². The van der Waals surface area contributed by atoms with Crippen LogP contribution in [0.3, 0.4) is 0 Å². The molecule has 8 aromatic rings. The number of fused-ring (bicyclic) bond motifs is 12. The molecule has 0 amide bonds. The number of aryl methyl sites for hydroxylation is 2. The molecular weight excluding hydrogens is 460 g/mol. The highest BCUT2D eigenvalue weighted by atomic mass is 16.5. The monoisotopic (exact) mass is 480 g/mol. The molecule has 0 aliphatic heterocycles. The van der Waals surface area contributed by atoms with Crippen LogP contribution in [-0.2, 0) is 0 Å². The fraction of sp³-hybridized carbons (Fsp3) is 0.0667. The summed E-state index contributed by atoms with van der Waals surface area (Å²) in [7, 11) is 0. The maximum atomic E-state index is 6.41. The van der Waals surface area contributed by atoms with E-state index in [0.29, 0.717) is 0 Å². The van der Waals surface area contributed by atoms with Gasteiger partial charge in [-0.3, -0.25) is 8.80 Å². The van der Waals surface area contributed by atoms with Crippen LogP contribution in [0.4, 0.5) is 0 Å². The molecule has 3 aromatic carbocycles. The van der Waals surface area contributed by atoms with Gasteiger partial charge in [0.1, 0.15) is 34.8 Å². The fourth-order valence-electron chi connectivity index (χ4n) is 5.44. The molecule has 37 heavy (non-hydrogen) atoms. The Balaban J connectivity index is 1.31. The van der Waals surface area contributed by atoms with Gasteiger partial charge >= 0.3 is 0 Å². The smallest absolute Gasteiger partial charge is 0.149 e. The summed E-state index contributed by atoms with van der Waals surface area (Å²) in [6.45, 7) is 4.30. The van der Waals surface area contributed by atoms with Crippen LogP contribution in [0.5, 0.6) is 11.5 Å². The highest BCUT2D eigenvalue weighted by molar-refractivity contribution is 6.13. The van der Waals surface area contributed by atoms with E-state index >= 15 is 0 Å². The second kappa shape index (κ2) is 7.24. The Hall–Kier alpha value is -5.04. The molecule has 0 radical (unpaired) electrons. The van der Waals surface area contributed by atoms with E-state index in [-0.39, 0.29) is 0 Å². The molecule has 5 heterocycles. The Morgan fingerprint density at radius 2 is 1.22 bits per heavy atom. The number of rotatable bonds is 2. The van der Waals surface area contributed by atoms with E-state index in [0.717, 1.165) is 60.9 Å². The molecule has 0 saturated heterocycles. The van der Waals surface area contributed by atoms with Gasteiger partial charge in [-0.2, -0.15) is 0 Å². The zero-order chi connectivity index (χ0) is 24.7. The second-order valence-corrected chi connectivity index (χ2v) is 9.47. The van der Waals surface area contributed by atoms with Crippen LogP contribution in [0.2, 0.25) is 0 Å². The van der Waals surface area contributed by atoms with Crippen molar-refractivity contribution in [3.8, 4) is 11.5 Å². The molecule has 0 unspecified atom stereocenters. The predicted molar refractivity (Wildman–Crippen MR) is 146 cm³/mol. The lowest BCUT2D eigenvalue weighted by atomic mass is 10.0. The number of hydrogen-bond donors (Lipinski definition) is 0. The summed E-state index contributed by atoms with van der Waals surface area (Å²) < 4.78 is 10.6. The molecule has 0 bridgehead atoms. The molecule has 0 N–H and O–H groups in total. The Bertz CT molecular complexity index is 2210. The zero-order valence-electron chi connectivity index (χ0n) is 20.2. The van der Waals surface area contributed by atoms with Crippen molar-refractivity contribution >= 4 is 54.8 Å². The summed E-state index contributed by atoms with van der Waals surface area (Å²) in [5, 5.41) is 6.41. The number of ether oxygens (including phenoxy) is 1. The Labute approximate surface area is 210 Å². The standard InChI is InChI=1S/C30H20N6O/c1-17-11-23-21-5-3-19(13-24(21)28-32-7-9-35(28)27(23)12-18(17)2)37-20-4-6-22-25(14-20)29-33-8-10-36(29)30-26(22)15-31-16-34-30/h3-16H,1-2H3. The van der Waals surface area contributed by atoms with E-state index in [1.165, 1.54) is 16.5 Å². The number of benzene rings is 3. The third kappa shape index (κ3) is 2.82. The number of pyridine rings is 2. The first kappa shape index (κ1) is 20.2. The van der Waals surface area contributed by atoms with Gasteiger partial charge in [-0.1, -0.05) is 0 Å². The van der Waals surface area contributed by atoms with Crippen molar-refractivity contribution in [2.75, 3.05) is 0 Å². The van der Waals surface area contributed by atoms with Crippen molar-refractivity contribution in [2.24, 2.45) is 0 Å². The van der Waals surface area contributed by atoms with Crippen LogP contribution in [0.25, 0.3) is 54.8 Å². The Morgan fingerprint density at radius 3 is 1.97 bits per heavy atom. The molecule has 0 atom stereocenters. The SMILES string of the molecule is Cc1cc2c3ccc(Oc4ccc5c6cncnc6n6ccnc6c5c4)cc3c3nccn3c2cc1C. The van der Waals surface area contributed by atoms with E-state index in [2.05, 4.69) is 68.5 Å². The number of imidazole rings is 2. The quantitative estimate of drug-likeness (QED) is 0.255. The maximum Gasteiger partial charge on any atom is 0.149 e. The summed E-state index contributed by atoms with van der Waals surface area (Å²) in [5.41, 5.74) is 6.28. The van der Waals surface area contributed by atoms with Gasteiger partial charge in [0.05, 0.1) is 5.52 Å². The molecular formula is C30H20N6O. The van der Waals surface area contributed by atoms with Gasteiger partial charge in [0.2, 0.25) is 0 Å². The number of hydrogen-bond acceptors (Lipinski definition) is 5. The minimum absolute atomic E-state index is 0.736. The van der Waals surface area contributed by atoms with Gasteiger partial charge in [-0.15, -0.1) is 0 Å². The average Bonchev–Trinajstić information content (AvgIpc) is 3.61. The normalized spacial score (nSPS) is 12.1. The first-order chi connectivity index (χ1) is 18.2. The van der Waals surface area contributed by atoms with Crippen LogP contribution in [0, 0.1) is 13.8 Å². The minimum Gasteiger partial charge on any atom is -0.457 e. The van der Waals surface area contributed by atoms with Gasteiger partial charge in [-0.05, 0) is 84.3 Å². The topological polar surface area (TPSA) is 69.6 Å². The van der Waals surface area contributed by atoms with Gasteiger partial charge in [-0.25, -0.2) is 19.9 Å². The van der Waals surface area contributed by atoms with Crippen molar-refractivity contribution < 1.29 is 4.74 Å². The number of nitrogens with zero attached hydrogens (tertiary/aromatic N) is 6. The molecule has 0 aliphatic carbocycles. The van der Waals surface area contributed by atoms with Crippen molar-refractivity contribution in [2.45, 2.75) is 13.8 Å². The van der Waals surface area contributed by atoms with E-state index in [1.807, 2.05) is 47.4 Å². The summed E-state index contributed by atoms with van der Waals surface area (Å²) in [5.74, 6) is 1.49. The summed E-state index contributed by atoms with van der Waals surface area (Å²) in [6.07, 6.45) is 11.0. The van der Waals surface area contributed by atoms with Crippen LogP contribution >= 0.6 is 0 Å². The Kier molecular flexibility index (Phi) is 3.95. The summed E-state index contributed by atoms with van der Waals surface area (Å²) in [6, 6.07) is 16.8. The highest BCUT2D eigenvalue weighted by Crippen LogP contribution is 2.36. The third-order valence-corrected chi connectivity index (χ3v) is 7.35. The summed E-state index contributed by atoms with van der Waals surface area (Å²) in [4.78, 5) is 18.0. The lowest BCUT2D eigenvalue weighted by Gasteiger charge is -2.13. The van der Waals surface area contributed by atoms with Crippen molar-refractivity contribution in [3.63, 3.8) is 0 Å². The van der Waals surface area contributed by atoms with E-state index in [4.69, 9.17) is 4.74 Å². The van der Waals surface area contributed by atoms with E-state index in [9.17, 15) is 0 Å². The molecule has 176 valence electrons. The van der Waals surface area contributed by atoms with Crippen LogP contribution in [0.1, 0.15) is 11.1 Å². The first-order valence-corrected chi connectivity index (χ1v) is 12.1. The minimum atomic E-state index is 0.736. The second-order valence-electron chi connectivity index (χ2n) is 9.47. The van der Waals surface area contributed by atoms with Crippen LogP contribution < -0.4 is 4.74 Å². The zero-order valence-corrected chi connectivity index (χ0v) is 20.2. The predicted octanol–water partition coefficient (Wildman–Crippen LogP) is 6.79. The first-order valence-electron chi connectivity index (χ1n) is 12.1. The fourth-order valence-corrected chi connectivity index (χ4v) is 5.44. The Morgan fingerprint density at radius 1 is 0.595 bits per heavy atom. The number of aromatic nitrogens is 6. The summed E-state index contributed by atoms with van der Waals surface area (Å²) >= 11 is 0. The molecule has 5 aromatic heterocycles. The van der Waals surface area contributed by atoms with Gasteiger partial charge in [0.15, 0.2) is 0 Å². The molecule has 7 heteroatoms. The molecule has 0 saturated carbocycles. The highest BCUT2D eigenvalue weighted by Gasteiger charge is 2.14. The van der Waals surface area contributed by atoms with Gasteiger partial charge < -0.3 is 4.74 Å². The van der Waals surface area contributed by atoms with Crippen molar-refractivity contribution in [1.29, 1.82) is 0 Å². The third-order valence-electron chi connectivity index (χ3n) is 7.35. The van der Waals surface area contributed by atoms with Crippen molar-refractivity contribution in [1.82, 2.24) is 28.7 Å². The maximum absolute atomic E-state index is 6.41. The molecule has 0 fully saturated rings. The molecule has 7 nitrogen and oxygen atoms in total. The van der Waals surface area contributed by atoms with Crippen LogP contribution in [-0.4, -0.2) is 28.7 Å². The molecule has 0 spiro atoms. The molecule has 8 rings (SSSR count). The lowest BCUT2D eigenvalue weighted by molar-refractivity contribution is 0.484. The molecule has 0 aliphatic rings. The van der Waals surface area contributed by atoms with Crippen LogP contribution in [0.15, 0.2) is 85.8 Å². The largest absolute Gasteiger partial charge is 0.457 e. The van der Waals surface area contributed by atoms with Crippen molar-refractivity contribution in [3.05, 3.63) is 97.0 Å². The van der Waals surface area contributed by atoms with E-state index < -0.39 is 0 Å². The van der Waals surface area contributed by atoms with E-state index in [1.54, 1.807) is 12.5 Å². The van der Waals surface area contributed by atoms with Gasteiger partial charge in [0, 0.05) is 52.5 Å². The lowest BCUT2D eigenvalue weighted by Crippen LogP contribution is -1.95.